The molecule has 0 unspecified atom stereocenters. The Morgan fingerprint density at radius 3 is 2.35 bits per heavy atom. The van der Waals surface area contributed by atoms with Gasteiger partial charge in [0.25, 0.3) is 0 Å². The van der Waals surface area contributed by atoms with Crippen LogP contribution in [0.3, 0.4) is 0 Å². The maximum atomic E-state index is 3.82. The summed E-state index contributed by atoms with van der Waals surface area (Å²) in [6.07, 6.45) is 11.4. The van der Waals surface area contributed by atoms with Crippen LogP contribution in [0.25, 0.3) is 0 Å². The van der Waals surface area contributed by atoms with Crippen molar-refractivity contribution in [2.75, 3.05) is 40.3 Å². The average molecular weight is 279 g/mol. The summed E-state index contributed by atoms with van der Waals surface area (Å²) in [6, 6.07) is 1.69. The number of hydrogen-bond acceptors (Lipinski definition) is 3. The van der Waals surface area contributed by atoms with E-state index in [1.807, 2.05) is 0 Å². The summed E-state index contributed by atoms with van der Waals surface area (Å²) in [7, 11) is 4.64. The van der Waals surface area contributed by atoms with Gasteiger partial charge in [0.1, 0.15) is 0 Å². The molecule has 0 atom stereocenters. The van der Waals surface area contributed by atoms with E-state index in [0.717, 1.165) is 12.1 Å². The van der Waals surface area contributed by atoms with Gasteiger partial charge >= 0.3 is 0 Å². The number of nitrogens with one attached hydrogen (secondary N) is 1. The largest absolute Gasteiger partial charge is 0.313 e. The van der Waals surface area contributed by atoms with Gasteiger partial charge in [-0.15, -0.1) is 0 Å². The number of nitrogens with zero attached hydrogens (tertiary/aromatic N) is 2. The van der Waals surface area contributed by atoms with Crippen LogP contribution in [0, 0.1) is 5.41 Å². The lowest BCUT2D eigenvalue weighted by Gasteiger charge is -2.40. The van der Waals surface area contributed by atoms with Crippen LogP contribution in [-0.2, 0) is 0 Å². The van der Waals surface area contributed by atoms with Crippen molar-refractivity contribution >= 4 is 0 Å². The third kappa shape index (κ3) is 3.75. The fourth-order valence-corrected chi connectivity index (χ4v) is 4.26. The molecule has 20 heavy (non-hydrogen) atoms. The predicted octanol–water partition coefficient (Wildman–Crippen LogP) is 2.32. The van der Waals surface area contributed by atoms with Gasteiger partial charge in [-0.05, 0) is 71.1 Å². The minimum Gasteiger partial charge on any atom is -0.313 e. The van der Waals surface area contributed by atoms with Crippen LogP contribution in [-0.4, -0.2) is 62.2 Å². The maximum absolute atomic E-state index is 3.82. The van der Waals surface area contributed by atoms with Crippen LogP contribution < -0.4 is 5.32 Å². The van der Waals surface area contributed by atoms with Gasteiger partial charge in [-0.25, -0.2) is 0 Å². The van der Waals surface area contributed by atoms with Crippen LogP contribution >= 0.6 is 0 Å². The van der Waals surface area contributed by atoms with Gasteiger partial charge in [0.05, 0.1) is 0 Å². The van der Waals surface area contributed by atoms with Crippen LogP contribution in [0.4, 0.5) is 0 Å². The third-order valence-electron chi connectivity index (χ3n) is 5.90. The van der Waals surface area contributed by atoms with Crippen LogP contribution in [0.5, 0.6) is 0 Å². The van der Waals surface area contributed by atoms with E-state index < -0.39 is 0 Å². The molecule has 3 nitrogen and oxygen atoms in total. The molecule has 0 aromatic carbocycles. The van der Waals surface area contributed by atoms with Gasteiger partial charge in [0, 0.05) is 25.2 Å². The second kappa shape index (κ2) is 6.33. The molecule has 3 heteroatoms. The third-order valence-corrected chi connectivity index (χ3v) is 5.90. The van der Waals surface area contributed by atoms with E-state index in [9.17, 15) is 0 Å². The summed E-state index contributed by atoms with van der Waals surface area (Å²) < 4.78 is 0. The molecule has 116 valence electrons. The number of likely N-dealkylation sites (tertiary alicyclic amines) is 1. The van der Waals surface area contributed by atoms with Crippen molar-refractivity contribution < 1.29 is 0 Å². The molecule has 1 aliphatic heterocycles. The summed E-state index contributed by atoms with van der Waals surface area (Å²) >= 11 is 0. The molecule has 3 rings (SSSR count). The molecule has 1 saturated heterocycles. The fraction of sp³-hybridized carbons (Fsp3) is 1.00. The van der Waals surface area contributed by atoms with Crippen LogP contribution in [0.15, 0.2) is 0 Å². The zero-order chi connectivity index (χ0) is 14.0. The van der Waals surface area contributed by atoms with E-state index in [1.54, 1.807) is 0 Å². The molecule has 0 bridgehead atoms. The fourth-order valence-electron chi connectivity index (χ4n) is 4.26. The van der Waals surface area contributed by atoms with E-state index in [0.29, 0.717) is 5.41 Å². The Kier molecular flexibility index (Phi) is 4.68. The van der Waals surface area contributed by atoms with Gasteiger partial charge in [-0.2, -0.15) is 0 Å². The van der Waals surface area contributed by atoms with Crippen molar-refractivity contribution in [2.45, 2.75) is 63.5 Å². The number of hydrogen-bond donors (Lipinski definition) is 1. The standard InChI is InChI=1S/C17H33N3/c1-19-11-7-16(8-12-19)20(2)14-17(9-3-4-10-17)13-18-15-5-6-15/h15-16,18H,3-14H2,1-2H3. The van der Waals surface area contributed by atoms with E-state index in [2.05, 4.69) is 29.2 Å². The minimum atomic E-state index is 0.584. The molecule has 0 aromatic heterocycles. The predicted molar refractivity (Wildman–Crippen MR) is 85.1 cm³/mol. The highest BCUT2D eigenvalue weighted by Gasteiger charge is 2.37. The highest BCUT2D eigenvalue weighted by atomic mass is 15.2. The lowest BCUT2D eigenvalue weighted by Crippen LogP contribution is -2.48. The van der Waals surface area contributed by atoms with Gasteiger partial charge in [-0.3, -0.25) is 0 Å². The zero-order valence-corrected chi connectivity index (χ0v) is 13.5. The first-order valence-electron chi connectivity index (χ1n) is 8.79. The first kappa shape index (κ1) is 14.8. The SMILES string of the molecule is CN1CCC(N(C)CC2(CNC3CC3)CCCC2)CC1. The van der Waals surface area contributed by atoms with Crippen molar-refractivity contribution in [2.24, 2.45) is 5.41 Å². The van der Waals surface area contributed by atoms with Gasteiger partial charge < -0.3 is 15.1 Å². The highest BCUT2D eigenvalue weighted by molar-refractivity contribution is 4.93. The first-order chi connectivity index (χ1) is 9.67. The molecule has 3 aliphatic rings. The Bertz CT molecular complexity index is 299. The van der Waals surface area contributed by atoms with Crippen LogP contribution in [0.1, 0.15) is 51.4 Å². The van der Waals surface area contributed by atoms with E-state index >= 15 is 0 Å². The molecule has 3 fully saturated rings. The smallest absolute Gasteiger partial charge is 0.0117 e. The van der Waals surface area contributed by atoms with Crippen molar-refractivity contribution in [3.05, 3.63) is 0 Å². The number of rotatable bonds is 6. The first-order valence-corrected chi connectivity index (χ1v) is 8.79. The van der Waals surface area contributed by atoms with Crippen molar-refractivity contribution in [3.63, 3.8) is 0 Å². The van der Waals surface area contributed by atoms with Gasteiger partial charge in [0.2, 0.25) is 0 Å². The highest BCUT2D eigenvalue weighted by Crippen LogP contribution is 2.39. The van der Waals surface area contributed by atoms with E-state index in [4.69, 9.17) is 0 Å². The van der Waals surface area contributed by atoms with Gasteiger partial charge in [-0.1, -0.05) is 12.8 Å². The second-order valence-corrected chi connectivity index (χ2v) is 7.81. The van der Waals surface area contributed by atoms with Gasteiger partial charge in [0.15, 0.2) is 0 Å². The normalized spacial score (nSPS) is 28.4. The molecule has 2 aliphatic carbocycles. The molecular formula is C17H33N3. The van der Waals surface area contributed by atoms with E-state index in [-0.39, 0.29) is 0 Å². The summed E-state index contributed by atoms with van der Waals surface area (Å²) in [5.74, 6) is 0. The minimum absolute atomic E-state index is 0.584. The van der Waals surface area contributed by atoms with Crippen molar-refractivity contribution in [1.82, 2.24) is 15.1 Å². The van der Waals surface area contributed by atoms with Crippen molar-refractivity contribution in [3.8, 4) is 0 Å². The Morgan fingerprint density at radius 1 is 1.10 bits per heavy atom. The Hall–Kier alpha value is -0.120. The van der Waals surface area contributed by atoms with E-state index in [1.165, 1.54) is 77.5 Å². The summed E-state index contributed by atoms with van der Waals surface area (Å²) in [5.41, 5.74) is 0.584. The molecule has 0 amide bonds. The molecule has 2 saturated carbocycles. The maximum Gasteiger partial charge on any atom is 0.0117 e. The molecule has 0 radical (unpaired) electrons. The monoisotopic (exact) mass is 279 g/mol. The zero-order valence-electron chi connectivity index (χ0n) is 13.5. The molecule has 1 N–H and O–H groups in total. The van der Waals surface area contributed by atoms with Crippen LogP contribution in [0.2, 0.25) is 0 Å². The quantitative estimate of drug-likeness (QED) is 0.805. The Labute approximate surface area is 125 Å². The lowest BCUT2D eigenvalue weighted by atomic mass is 9.84. The van der Waals surface area contributed by atoms with Crippen molar-refractivity contribution in [1.29, 1.82) is 0 Å². The summed E-state index contributed by atoms with van der Waals surface area (Å²) in [6.45, 7) is 5.15. The molecular weight excluding hydrogens is 246 g/mol. The topological polar surface area (TPSA) is 18.5 Å². The molecule has 0 spiro atoms. The summed E-state index contributed by atoms with van der Waals surface area (Å²) in [4.78, 5) is 5.18. The Morgan fingerprint density at radius 2 is 1.75 bits per heavy atom. The molecule has 1 heterocycles. The average Bonchev–Trinajstić information content (AvgIpc) is 3.17. The number of piperidine rings is 1. The Balaban J connectivity index is 1.52. The second-order valence-electron chi connectivity index (χ2n) is 7.81. The summed E-state index contributed by atoms with van der Waals surface area (Å²) in [5, 5.41) is 3.82. The lowest BCUT2D eigenvalue weighted by molar-refractivity contribution is 0.0933. The molecule has 0 aromatic rings.